The van der Waals surface area contributed by atoms with Gasteiger partial charge < -0.3 is 10.2 Å². The predicted molar refractivity (Wildman–Crippen MR) is 42.0 cm³/mol. The van der Waals surface area contributed by atoms with Crippen LogP contribution in [0.4, 0.5) is 0 Å². The average Bonchev–Trinajstić information content (AvgIpc) is 1.85. The van der Waals surface area contributed by atoms with Gasteiger partial charge in [0.25, 0.3) is 0 Å². The van der Waals surface area contributed by atoms with Crippen molar-refractivity contribution in [1.29, 1.82) is 0 Å². The molecule has 0 amide bonds. The summed E-state index contributed by atoms with van der Waals surface area (Å²) in [6.07, 6.45) is 2.85. The highest BCUT2D eigenvalue weighted by Gasteiger charge is 2.39. The van der Waals surface area contributed by atoms with Gasteiger partial charge >= 0.3 is 0 Å². The quantitative estimate of drug-likeness (QED) is 0.520. The van der Waals surface area contributed by atoms with E-state index in [4.69, 9.17) is 0 Å². The minimum atomic E-state index is 0.688. The number of hydrogen-bond donors (Lipinski definition) is 1. The lowest BCUT2D eigenvalue weighted by atomic mass is 9.75. The van der Waals surface area contributed by atoms with Crippen molar-refractivity contribution in [2.24, 2.45) is 5.41 Å². The van der Waals surface area contributed by atoms with Gasteiger partial charge in [0.2, 0.25) is 0 Å². The lowest BCUT2D eigenvalue weighted by Crippen LogP contribution is -2.60. The monoisotopic (exact) mass is 140 g/mol. The van der Waals surface area contributed by atoms with Gasteiger partial charge in [-0.05, 0) is 26.4 Å². The Morgan fingerprint density at radius 3 is 2.60 bits per heavy atom. The van der Waals surface area contributed by atoms with E-state index >= 15 is 0 Å². The minimum absolute atomic E-state index is 0.688. The van der Waals surface area contributed by atoms with Crippen LogP contribution in [-0.2, 0) is 0 Å². The maximum Gasteiger partial charge on any atom is 0.00801 e. The summed E-state index contributed by atoms with van der Waals surface area (Å²) in [7, 11) is 2.24. The number of rotatable bonds is 0. The summed E-state index contributed by atoms with van der Waals surface area (Å²) in [6, 6.07) is 0. The highest BCUT2D eigenvalue weighted by atomic mass is 15.1. The van der Waals surface area contributed by atoms with Crippen molar-refractivity contribution < 1.29 is 0 Å². The average molecular weight is 140 g/mol. The van der Waals surface area contributed by atoms with Crippen molar-refractivity contribution in [3.05, 3.63) is 0 Å². The Hall–Kier alpha value is -0.0800. The van der Waals surface area contributed by atoms with E-state index in [9.17, 15) is 0 Å². The first kappa shape index (κ1) is 6.62. The molecule has 2 nitrogen and oxygen atoms in total. The fraction of sp³-hybridized carbons (Fsp3) is 1.00. The van der Waals surface area contributed by atoms with Crippen molar-refractivity contribution >= 4 is 0 Å². The molecule has 0 aromatic carbocycles. The Kier molecular flexibility index (Phi) is 1.46. The highest BCUT2D eigenvalue weighted by molar-refractivity contribution is 4.96. The van der Waals surface area contributed by atoms with Crippen LogP contribution in [-0.4, -0.2) is 38.1 Å². The molecule has 2 aliphatic rings. The summed E-state index contributed by atoms with van der Waals surface area (Å²) in [4.78, 5) is 2.46. The third-order valence-electron chi connectivity index (χ3n) is 2.85. The van der Waals surface area contributed by atoms with Crippen LogP contribution in [0.1, 0.15) is 12.8 Å². The summed E-state index contributed by atoms with van der Waals surface area (Å²) in [5.41, 5.74) is 0.688. The van der Waals surface area contributed by atoms with E-state index in [1.165, 1.54) is 39.0 Å². The molecule has 10 heavy (non-hydrogen) atoms. The normalized spacial score (nSPS) is 32.1. The molecular formula is C8H16N2. The Morgan fingerprint density at radius 2 is 2.20 bits per heavy atom. The Bertz CT molecular complexity index is 129. The lowest BCUT2D eigenvalue weighted by molar-refractivity contribution is 0.0558. The highest BCUT2D eigenvalue weighted by Crippen LogP contribution is 2.32. The van der Waals surface area contributed by atoms with Gasteiger partial charge in [-0.15, -0.1) is 0 Å². The van der Waals surface area contributed by atoms with E-state index in [1.54, 1.807) is 0 Å². The number of piperidine rings is 1. The molecule has 0 saturated carbocycles. The van der Waals surface area contributed by atoms with Gasteiger partial charge in [0.05, 0.1) is 0 Å². The number of likely N-dealkylation sites (tertiary alicyclic amines) is 1. The first-order valence-electron chi connectivity index (χ1n) is 4.20. The maximum atomic E-state index is 3.37. The zero-order chi connectivity index (χ0) is 7.03. The van der Waals surface area contributed by atoms with E-state index in [0.29, 0.717) is 5.41 Å². The predicted octanol–water partition coefficient (Wildman–Crippen LogP) is 0.302. The molecule has 2 fully saturated rings. The Labute approximate surface area is 62.6 Å². The fourth-order valence-electron chi connectivity index (χ4n) is 2.22. The molecule has 0 radical (unpaired) electrons. The van der Waals surface area contributed by atoms with Crippen LogP contribution in [0.15, 0.2) is 0 Å². The van der Waals surface area contributed by atoms with E-state index in [1.807, 2.05) is 0 Å². The summed E-state index contributed by atoms with van der Waals surface area (Å²) in [5, 5.41) is 3.37. The summed E-state index contributed by atoms with van der Waals surface area (Å²) in [5.74, 6) is 0. The summed E-state index contributed by atoms with van der Waals surface area (Å²) >= 11 is 0. The van der Waals surface area contributed by atoms with Crippen LogP contribution >= 0.6 is 0 Å². The molecule has 1 spiro atoms. The summed E-state index contributed by atoms with van der Waals surface area (Å²) in [6.45, 7) is 5.15. The second-order valence-corrected chi connectivity index (χ2v) is 3.94. The molecule has 0 bridgehead atoms. The third-order valence-corrected chi connectivity index (χ3v) is 2.85. The first-order chi connectivity index (χ1) is 4.81. The molecule has 2 rings (SSSR count). The van der Waals surface area contributed by atoms with Gasteiger partial charge in [-0.25, -0.2) is 0 Å². The van der Waals surface area contributed by atoms with Crippen LogP contribution < -0.4 is 5.32 Å². The molecule has 0 aromatic heterocycles. The molecule has 2 heterocycles. The van der Waals surface area contributed by atoms with Crippen molar-refractivity contribution in [2.75, 3.05) is 33.2 Å². The molecule has 0 unspecified atom stereocenters. The molecule has 0 atom stereocenters. The minimum Gasteiger partial charge on any atom is -0.315 e. The van der Waals surface area contributed by atoms with Gasteiger partial charge in [-0.3, -0.25) is 0 Å². The van der Waals surface area contributed by atoms with Gasteiger partial charge in [0.1, 0.15) is 0 Å². The number of nitrogens with zero attached hydrogens (tertiary/aromatic N) is 1. The largest absolute Gasteiger partial charge is 0.315 e. The van der Waals surface area contributed by atoms with Crippen molar-refractivity contribution in [2.45, 2.75) is 12.8 Å². The maximum absolute atomic E-state index is 3.37. The van der Waals surface area contributed by atoms with Crippen LogP contribution in [0.3, 0.4) is 0 Å². The van der Waals surface area contributed by atoms with E-state index in [2.05, 4.69) is 17.3 Å². The zero-order valence-electron chi connectivity index (χ0n) is 6.69. The molecular weight excluding hydrogens is 124 g/mol. The number of hydrogen-bond acceptors (Lipinski definition) is 2. The lowest BCUT2D eigenvalue weighted by Gasteiger charge is -2.48. The van der Waals surface area contributed by atoms with Gasteiger partial charge in [0, 0.05) is 25.0 Å². The van der Waals surface area contributed by atoms with E-state index in [-0.39, 0.29) is 0 Å². The molecule has 2 saturated heterocycles. The van der Waals surface area contributed by atoms with E-state index in [0.717, 1.165) is 0 Å². The Balaban J connectivity index is 1.96. The fourth-order valence-corrected chi connectivity index (χ4v) is 2.22. The molecule has 2 heteroatoms. The first-order valence-corrected chi connectivity index (χ1v) is 4.20. The molecule has 58 valence electrons. The van der Waals surface area contributed by atoms with E-state index < -0.39 is 0 Å². The van der Waals surface area contributed by atoms with Crippen molar-refractivity contribution in [3.63, 3.8) is 0 Å². The van der Waals surface area contributed by atoms with Gasteiger partial charge in [-0.2, -0.15) is 0 Å². The van der Waals surface area contributed by atoms with Crippen LogP contribution in [0.5, 0.6) is 0 Å². The molecule has 1 N–H and O–H groups in total. The van der Waals surface area contributed by atoms with Gasteiger partial charge in [-0.1, -0.05) is 0 Å². The topological polar surface area (TPSA) is 15.3 Å². The Morgan fingerprint density at radius 1 is 1.40 bits per heavy atom. The molecule has 0 aromatic rings. The second kappa shape index (κ2) is 2.21. The SMILES string of the molecule is CN1CCCC2(CNC2)C1. The van der Waals surface area contributed by atoms with Crippen molar-refractivity contribution in [3.8, 4) is 0 Å². The summed E-state index contributed by atoms with van der Waals surface area (Å²) < 4.78 is 0. The standard InChI is InChI=1S/C8H16N2/c1-10-4-2-3-8(7-10)5-9-6-8/h9H,2-7H2,1H3. The van der Waals surface area contributed by atoms with Crippen LogP contribution in [0, 0.1) is 5.41 Å². The molecule has 0 aliphatic carbocycles. The molecule has 2 aliphatic heterocycles. The van der Waals surface area contributed by atoms with Gasteiger partial charge in [0.15, 0.2) is 0 Å². The zero-order valence-corrected chi connectivity index (χ0v) is 6.69. The van der Waals surface area contributed by atoms with Crippen LogP contribution in [0.2, 0.25) is 0 Å². The second-order valence-electron chi connectivity index (χ2n) is 3.94. The van der Waals surface area contributed by atoms with Crippen LogP contribution in [0.25, 0.3) is 0 Å². The number of nitrogens with one attached hydrogen (secondary N) is 1. The third kappa shape index (κ3) is 0.956. The van der Waals surface area contributed by atoms with Crippen molar-refractivity contribution in [1.82, 2.24) is 10.2 Å². The smallest absolute Gasteiger partial charge is 0.00801 e.